The van der Waals surface area contributed by atoms with Gasteiger partial charge < -0.3 is 5.32 Å². The summed E-state index contributed by atoms with van der Waals surface area (Å²) in [4.78, 5) is 15.9. The number of aryl methyl sites for hydroxylation is 1. The fourth-order valence-electron chi connectivity index (χ4n) is 4.80. The van der Waals surface area contributed by atoms with Crippen LogP contribution in [0.2, 0.25) is 0 Å². The van der Waals surface area contributed by atoms with E-state index in [0.29, 0.717) is 0 Å². The second-order valence-corrected chi connectivity index (χ2v) is 9.03. The lowest BCUT2D eigenvalue weighted by molar-refractivity contribution is -0.134. The van der Waals surface area contributed by atoms with Crippen molar-refractivity contribution < 1.29 is 4.79 Å². The number of hydrogen-bond donors (Lipinski definition) is 1. The first-order valence-corrected chi connectivity index (χ1v) is 11.7. The van der Waals surface area contributed by atoms with Crippen LogP contribution in [-0.4, -0.2) is 40.2 Å². The van der Waals surface area contributed by atoms with Crippen molar-refractivity contribution in [2.24, 2.45) is 12.5 Å². The van der Waals surface area contributed by atoms with Gasteiger partial charge in [-0.2, -0.15) is 5.10 Å². The van der Waals surface area contributed by atoms with E-state index >= 15 is 0 Å². The third kappa shape index (κ3) is 5.10. The zero-order valence-corrected chi connectivity index (χ0v) is 19.3. The van der Waals surface area contributed by atoms with E-state index in [0.717, 1.165) is 51.9 Å². The van der Waals surface area contributed by atoms with Crippen LogP contribution in [0.5, 0.6) is 0 Å². The molecule has 168 valence electrons. The van der Waals surface area contributed by atoms with E-state index in [1.807, 2.05) is 24.0 Å². The average Bonchev–Trinajstić information content (AvgIpc) is 3.24. The molecule has 0 aliphatic carbocycles. The van der Waals surface area contributed by atoms with Crippen molar-refractivity contribution in [3.63, 3.8) is 0 Å². The van der Waals surface area contributed by atoms with E-state index < -0.39 is 0 Å². The lowest BCUT2D eigenvalue weighted by Gasteiger charge is -2.41. The van der Waals surface area contributed by atoms with Gasteiger partial charge in [0.1, 0.15) is 0 Å². The Morgan fingerprint density at radius 2 is 1.78 bits per heavy atom. The van der Waals surface area contributed by atoms with Crippen LogP contribution in [-0.2, 0) is 24.8 Å². The number of nitrogens with one attached hydrogen (secondary N) is 1. The zero-order valence-electron chi connectivity index (χ0n) is 19.3. The molecule has 32 heavy (non-hydrogen) atoms. The van der Waals surface area contributed by atoms with E-state index in [4.69, 9.17) is 0 Å². The van der Waals surface area contributed by atoms with Gasteiger partial charge in [0.25, 0.3) is 0 Å². The minimum Gasteiger partial charge on any atom is -0.356 e. The Kier molecular flexibility index (Phi) is 7.05. The molecule has 5 nitrogen and oxygen atoms in total. The summed E-state index contributed by atoms with van der Waals surface area (Å²) in [5.74, 6) is 0.211. The lowest BCUT2D eigenvalue weighted by Crippen LogP contribution is -2.50. The Morgan fingerprint density at radius 1 is 1.06 bits per heavy atom. The summed E-state index contributed by atoms with van der Waals surface area (Å²) in [6.07, 6.45) is 7.47. The van der Waals surface area contributed by atoms with Gasteiger partial charge in [0, 0.05) is 31.9 Å². The van der Waals surface area contributed by atoms with E-state index in [2.05, 4.69) is 77.0 Å². The van der Waals surface area contributed by atoms with Crippen molar-refractivity contribution in [3.8, 4) is 11.1 Å². The summed E-state index contributed by atoms with van der Waals surface area (Å²) in [7, 11) is 1.95. The number of nitrogens with zero attached hydrogens (tertiary/aromatic N) is 3. The van der Waals surface area contributed by atoms with Crippen LogP contribution in [0.15, 0.2) is 67.0 Å². The molecule has 1 saturated heterocycles. The van der Waals surface area contributed by atoms with Crippen LogP contribution in [0.25, 0.3) is 11.1 Å². The van der Waals surface area contributed by atoms with Gasteiger partial charge in [0.2, 0.25) is 5.91 Å². The van der Waals surface area contributed by atoms with E-state index in [1.54, 1.807) is 0 Å². The smallest absolute Gasteiger partial charge is 0.226 e. The van der Waals surface area contributed by atoms with E-state index in [-0.39, 0.29) is 11.3 Å². The monoisotopic (exact) mass is 430 g/mol. The highest BCUT2D eigenvalue weighted by atomic mass is 16.2. The Morgan fingerprint density at radius 3 is 2.47 bits per heavy atom. The fourth-order valence-corrected chi connectivity index (χ4v) is 4.80. The third-order valence-corrected chi connectivity index (χ3v) is 6.63. The van der Waals surface area contributed by atoms with Crippen molar-refractivity contribution >= 4 is 5.91 Å². The number of benzene rings is 2. The highest BCUT2D eigenvalue weighted by Crippen LogP contribution is 2.38. The Balaban J connectivity index is 1.55. The summed E-state index contributed by atoms with van der Waals surface area (Å²) in [5.41, 5.74) is 4.55. The molecule has 0 bridgehead atoms. The van der Waals surface area contributed by atoms with Crippen LogP contribution >= 0.6 is 0 Å². The van der Waals surface area contributed by atoms with Gasteiger partial charge in [-0.1, -0.05) is 61.5 Å². The lowest BCUT2D eigenvalue weighted by atomic mass is 9.72. The molecule has 1 amide bonds. The molecule has 1 aliphatic heterocycles. The Bertz CT molecular complexity index is 1020. The fraction of sp³-hybridized carbons (Fsp3) is 0.407. The van der Waals surface area contributed by atoms with Crippen LogP contribution in [0, 0.1) is 5.41 Å². The molecule has 2 heterocycles. The molecular formula is C27H34N4O. The molecule has 0 radical (unpaired) electrons. The van der Waals surface area contributed by atoms with Gasteiger partial charge in [0.05, 0.1) is 11.6 Å². The van der Waals surface area contributed by atoms with Gasteiger partial charge in [-0.05, 0) is 55.5 Å². The van der Waals surface area contributed by atoms with Crippen LogP contribution in [0.4, 0.5) is 0 Å². The molecule has 1 aliphatic rings. The van der Waals surface area contributed by atoms with Crippen LogP contribution < -0.4 is 5.32 Å². The molecular weight excluding hydrogens is 396 g/mol. The Hall–Kier alpha value is -2.92. The molecule has 0 unspecified atom stereocenters. The first-order valence-electron chi connectivity index (χ1n) is 11.7. The number of amides is 1. The Labute approximate surface area is 191 Å². The van der Waals surface area contributed by atoms with Crippen molar-refractivity contribution in [3.05, 3.63) is 78.1 Å². The largest absolute Gasteiger partial charge is 0.356 e. The molecule has 1 aromatic heterocycles. The number of likely N-dealkylation sites (tertiary alicyclic amines) is 1. The number of piperidine rings is 1. The molecule has 5 heteroatoms. The standard InChI is InChI=1S/C27H34N4O/c1-3-15-28-26(32)27(13-16-31(17-14-27)21-22-19-29-30(2)20-22)18-24-11-7-8-12-25(24)23-9-5-4-6-10-23/h4-12,19-20H,3,13-18,21H2,1-2H3,(H,28,32). The summed E-state index contributed by atoms with van der Waals surface area (Å²) < 4.78 is 1.85. The predicted molar refractivity (Wildman–Crippen MR) is 129 cm³/mol. The van der Waals surface area contributed by atoms with Gasteiger partial charge in [-0.25, -0.2) is 0 Å². The molecule has 1 N–H and O–H groups in total. The SMILES string of the molecule is CCCNC(=O)C1(Cc2ccccc2-c2ccccc2)CCN(Cc2cnn(C)c2)CC1. The number of aromatic nitrogens is 2. The van der Waals surface area contributed by atoms with Gasteiger partial charge in [-0.3, -0.25) is 14.4 Å². The quantitative estimate of drug-likeness (QED) is 0.575. The molecule has 1 fully saturated rings. The molecule has 0 atom stereocenters. The molecule has 3 aromatic rings. The normalized spacial score (nSPS) is 16.1. The summed E-state index contributed by atoms with van der Waals surface area (Å²) in [6.45, 7) is 5.57. The summed E-state index contributed by atoms with van der Waals surface area (Å²) >= 11 is 0. The molecule has 0 spiro atoms. The first-order chi connectivity index (χ1) is 15.6. The summed E-state index contributed by atoms with van der Waals surface area (Å²) in [5, 5.41) is 7.51. The first kappa shape index (κ1) is 22.3. The number of hydrogen-bond acceptors (Lipinski definition) is 3. The second-order valence-electron chi connectivity index (χ2n) is 9.03. The minimum absolute atomic E-state index is 0.211. The number of rotatable bonds is 8. The minimum atomic E-state index is -0.370. The maximum Gasteiger partial charge on any atom is 0.226 e. The van der Waals surface area contributed by atoms with Crippen molar-refractivity contribution in [1.82, 2.24) is 20.0 Å². The zero-order chi connectivity index (χ0) is 22.4. The maximum atomic E-state index is 13.5. The van der Waals surface area contributed by atoms with E-state index in [9.17, 15) is 4.79 Å². The highest BCUT2D eigenvalue weighted by molar-refractivity contribution is 5.83. The number of carbonyl (C=O) groups is 1. The van der Waals surface area contributed by atoms with Gasteiger partial charge in [0.15, 0.2) is 0 Å². The van der Waals surface area contributed by atoms with Crippen LogP contribution in [0.3, 0.4) is 0 Å². The van der Waals surface area contributed by atoms with Crippen molar-refractivity contribution in [2.75, 3.05) is 19.6 Å². The van der Waals surface area contributed by atoms with Crippen LogP contribution in [0.1, 0.15) is 37.3 Å². The van der Waals surface area contributed by atoms with Gasteiger partial charge >= 0.3 is 0 Å². The number of carbonyl (C=O) groups excluding carboxylic acids is 1. The van der Waals surface area contributed by atoms with Crippen molar-refractivity contribution in [1.29, 1.82) is 0 Å². The molecule has 2 aromatic carbocycles. The maximum absolute atomic E-state index is 13.5. The van der Waals surface area contributed by atoms with E-state index in [1.165, 1.54) is 22.3 Å². The predicted octanol–water partition coefficient (Wildman–Crippen LogP) is 4.44. The molecule has 0 saturated carbocycles. The topological polar surface area (TPSA) is 50.2 Å². The van der Waals surface area contributed by atoms with Gasteiger partial charge in [-0.15, -0.1) is 0 Å². The highest BCUT2D eigenvalue weighted by Gasteiger charge is 2.41. The summed E-state index contributed by atoms with van der Waals surface area (Å²) in [6, 6.07) is 19.1. The third-order valence-electron chi connectivity index (χ3n) is 6.63. The second kappa shape index (κ2) is 10.1. The average molecular weight is 431 g/mol. The van der Waals surface area contributed by atoms with Crippen molar-refractivity contribution in [2.45, 2.75) is 39.2 Å². The molecule has 4 rings (SSSR count).